The molecule has 1 unspecified atom stereocenters. The molecule has 3 fully saturated rings. The molecule has 0 radical (unpaired) electrons. The number of nitrogens with one attached hydrogen (secondary N) is 1. The Labute approximate surface area is 201 Å². The van der Waals surface area contributed by atoms with E-state index in [2.05, 4.69) is 26.3 Å². The lowest BCUT2D eigenvalue weighted by Gasteiger charge is -2.65. The van der Waals surface area contributed by atoms with Gasteiger partial charge in [-0.2, -0.15) is 9.37 Å². The van der Waals surface area contributed by atoms with Crippen molar-refractivity contribution in [2.45, 2.75) is 51.3 Å². The van der Waals surface area contributed by atoms with Gasteiger partial charge in [0.15, 0.2) is 23.5 Å². The fourth-order valence-electron chi connectivity index (χ4n) is 6.82. The SMILES string of the molecule is Cc1cc(N2C[C@H]3[C@H](Nc4nc5n(n4)CCC[C@H]5Oc4cccc(F)c4F)[C@@H]4CCC43C2)ncn1. The van der Waals surface area contributed by atoms with Crippen LogP contribution in [0.25, 0.3) is 0 Å². The first-order chi connectivity index (χ1) is 17.0. The molecule has 4 heterocycles. The van der Waals surface area contributed by atoms with E-state index in [4.69, 9.17) is 14.8 Å². The summed E-state index contributed by atoms with van der Waals surface area (Å²) in [6.07, 6.45) is 5.16. The van der Waals surface area contributed by atoms with Crippen molar-refractivity contribution in [2.75, 3.05) is 23.3 Å². The lowest BCUT2D eigenvalue weighted by molar-refractivity contribution is -0.117. The van der Waals surface area contributed by atoms with E-state index in [1.165, 1.54) is 25.0 Å². The number of hydrogen-bond donors (Lipinski definition) is 1. The Morgan fingerprint density at radius 2 is 2.09 bits per heavy atom. The Morgan fingerprint density at radius 3 is 2.91 bits per heavy atom. The van der Waals surface area contributed by atoms with Crippen LogP contribution in [0.2, 0.25) is 0 Å². The molecule has 4 aliphatic rings. The van der Waals surface area contributed by atoms with Crippen LogP contribution in [0.1, 0.15) is 43.3 Å². The van der Waals surface area contributed by atoms with Crippen LogP contribution >= 0.6 is 0 Å². The molecule has 0 bridgehead atoms. The van der Waals surface area contributed by atoms with Gasteiger partial charge < -0.3 is 15.0 Å². The van der Waals surface area contributed by atoms with E-state index in [0.29, 0.717) is 41.5 Å². The summed E-state index contributed by atoms with van der Waals surface area (Å²) in [5.74, 6) is 1.40. The topological polar surface area (TPSA) is 81.0 Å². The van der Waals surface area contributed by atoms with Gasteiger partial charge in [0.2, 0.25) is 11.8 Å². The van der Waals surface area contributed by atoms with Gasteiger partial charge in [0, 0.05) is 43.4 Å². The molecular formula is C25H27F2N7O. The van der Waals surface area contributed by atoms with E-state index >= 15 is 0 Å². The molecule has 35 heavy (non-hydrogen) atoms. The second kappa shape index (κ2) is 7.60. The van der Waals surface area contributed by atoms with Crippen molar-refractivity contribution in [3.63, 3.8) is 0 Å². The lowest BCUT2D eigenvalue weighted by Crippen LogP contribution is -2.68. The van der Waals surface area contributed by atoms with Crippen molar-refractivity contribution >= 4 is 11.8 Å². The highest BCUT2D eigenvalue weighted by atomic mass is 19.2. The fraction of sp³-hybridized carbons (Fsp3) is 0.520. The monoisotopic (exact) mass is 479 g/mol. The van der Waals surface area contributed by atoms with Gasteiger partial charge in [-0.25, -0.2) is 19.0 Å². The number of fused-ring (bicyclic) bond motifs is 1. The molecule has 182 valence electrons. The van der Waals surface area contributed by atoms with E-state index in [1.807, 2.05) is 11.6 Å². The van der Waals surface area contributed by atoms with Crippen molar-refractivity contribution in [1.29, 1.82) is 0 Å². The molecule has 1 spiro atoms. The van der Waals surface area contributed by atoms with Crippen LogP contribution in [0.3, 0.4) is 0 Å². The number of benzene rings is 1. The normalized spacial score (nSPS) is 30.5. The molecule has 2 aliphatic heterocycles. The maximum absolute atomic E-state index is 14.2. The third kappa shape index (κ3) is 3.14. The van der Waals surface area contributed by atoms with Crippen LogP contribution in [-0.2, 0) is 6.54 Å². The van der Waals surface area contributed by atoms with Gasteiger partial charge in [-0.05, 0) is 56.1 Å². The summed E-state index contributed by atoms with van der Waals surface area (Å²) in [6.45, 7) is 4.73. The Balaban J connectivity index is 1.09. The molecule has 1 N–H and O–H groups in total. The van der Waals surface area contributed by atoms with E-state index in [-0.39, 0.29) is 5.75 Å². The van der Waals surface area contributed by atoms with Crippen molar-refractivity contribution in [1.82, 2.24) is 24.7 Å². The molecule has 10 heteroatoms. The number of halogens is 2. The Hall–Kier alpha value is -3.30. The first kappa shape index (κ1) is 21.0. The number of aromatic nitrogens is 5. The second-order valence-electron chi connectivity index (χ2n) is 10.4. The van der Waals surface area contributed by atoms with Crippen molar-refractivity contribution in [3.8, 4) is 5.75 Å². The molecule has 2 saturated carbocycles. The summed E-state index contributed by atoms with van der Waals surface area (Å²) in [4.78, 5) is 15.9. The quantitative estimate of drug-likeness (QED) is 0.595. The van der Waals surface area contributed by atoms with Gasteiger partial charge >= 0.3 is 0 Å². The minimum absolute atomic E-state index is 0.0924. The van der Waals surface area contributed by atoms with Gasteiger partial charge in [0.1, 0.15) is 12.1 Å². The minimum atomic E-state index is -0.969. The Kier molecular flexibility index (Phi) is 4.56. The summed E-state index contributed by atoms with van der Waals surface area (Å²) >= 11 is 0. The van der Waals surface area contributed by atoms with E-state index in [9.17, 15) is 8.78 Å². The van der Waals surface area contributed by atoms with Crippen molar-refractivity contribution < 1.29 is 13.5 Å². The summed E-state index contributed by atoms with van der Waals surface area (Å²) in [5.41, 5.74) is 1.34. The lowest BCUT2D eigenvalue weighted by atomic mass is 9.41. The zero-order valence-corrected chi connectivity index (χ0v) is 19.5. The molecule has 8 nitrogen and oxygen atoms in total. The van der Waals surface area contributed by atoms with Crippen LogP contribution in [-0.4, -0.2) is 43.9 Å². The molecular weight excluding hydrogens is 452 g/mol. The predicted octanol–water partition coefficient (Wildman–Crippen LogP) is 3.90. The largest absolute Gasteiger partial charge is 0.479 e. The Bertz CT molecular complexity index is 1300. The number of anilines is 2. The van der Waals surface area contributed by atoms with Crippen molar-refractivity contribution in [3.05, 3.63) is 53.7 Å². The van der Waals surface area contributed by atoms with Crippen LogP contribution in [0.4, 0.5) is 20.5 Å². The molecule has 0 amide bonds. The first-order valence-electron chi connectivity index (χ1n) is 12.4. The second-order valence-corrected chi connectivity index (χ2v) is 10.4. The smallest absolute Gasteiger partial charge is 0.242 e. The number of rotatable bonds is 5. The summed E-state index contributed by atoms with van der Waals surface area (Å²) in [5, 5.41) is 8.33. The van der Waals surface area contributed by atoms with Gasteiger partial charge in [0.05, 0.1) is 0 Å². The van der Waals surface area contributed by atoms with E-state index in [1.54, 1.807) is 6.33 Å². The molecule has 7 rings (SSSR count). The van der Waals surface area contributed by atoms with Gasteiger partial charge in [-0.1, -0.05) is 6.07 Å². The Morgan fingerprint density at radius 1 is 1.17 bits per heavy atom. The zero-order valence-electron chi connectivity index (χ0n) is 19.5. The maximum Gasteiger partial charge on any atom is 0.242 e. The fourth-order valence-corrected chi connectivity index (χ4v) is 6.82. The standard InChI is InChI=1S/C25H27F2N7O/c1-14-10-20(29-13-28-14)33-11-16-22(15-7-8-25(15,16)12-33)30-24-31-23-19(6-3-9-34(23)32-24)35-18-5-2-4-17(26)21(18)27/h2,4-5,10,13,15-16,19,22H,3,6-9,11-12H2,1H3,(H,30,32)/t15-,16-,19+,22+,25?/m0/s1. The third-order valence-corrected chi connectivity index (χ3v) is 8.59. The highest BCUT2D eigenvalue weighted by Gasteiger charge is 2.70. The number of hydrogen-bond acceptors (Lipinski definition) is 7. The van der Waals surface area contributed by atoms with Crippen LogP contribution in [0.15, 0.2) is 30.6 Å². The summed E-state index contributed by atoms with van der Waals surface area (Å²) in [6, 6.07) is 6.36. The number of aryl methyl sites for hydroxylation is 2. The molecule has 3 aromatic rings. The van der Waals surface area contributed by atoms with Crippen molar-refractivity contribution in [2.24, 2.45) is 17.3 Å². The third-order valence-electron chi connectivity index (χ3n) is 8.59. The van der Waals surface area contributed by atoms with E-state index < -0.39 is 17.7 Å². The van der Waals surface area contributed by atoms with Gasteiger partial charge in [0.25, 0.3) is 0 Å². The van der Waals surface area contributed by atoms with Crippen LogP contribution < -0.4 is 15.0 Å². The predicted molar refractivity (Wildman–Crippen MR) is 124 cm³/mol. The highest BCUT2D eigenvalue weighted by Crippen LogP contribution is 2.68. The van der Waals surface area contributed by atoms with Gasteiger partial charge in [-0.3, -0.25) is 0 Å². The average Bonchev–Trinajstić information content (AvgIpc) is 3.43. The minimum Gasteiger partial charge on any atom is -0.479 e. The molecule has 5 atom stereocenters. The van der Waals surface area contributed by atoms with Crippen LogP contribution in [0.5, 0.6) is 5.75 Å². The molecule has 1 saturated heterocycles. The average molecular weight is 480 g/mol. The maximum atomic E-state index is 14.2. The number of ether oxygens (including phenoxy) is 1. The van der Waals surface area contributed by atoms with E-state index in [0.717, 1.165) is 43.6 Å². The first-order valence-corrected chi connectivity index (χ1v) is 12.4. The number of nitrogens with zero attached hydrogens (tertiary/aromatic N) is 6. The molecule has 2 aromatic heterocycles. The van der Waals surface area contributed by atoms with Crippen LogP contribution in [0, 0.1) is 35.8 Å². The zero-order chi connectivity index (χ0) is 23.7. The molecule has 1 aromatic carbocycles. The van der Waals surface area contributed by atoms with Gasteiger partial charge in [-0.15, -0.1) is 5.10 Å². The highest BCUT2D eigenvalue weighted by molar-refractivity contribution is 5.46. The summed E-state index contributed by atoms with van der Waals surface area (Å²) in [7, 11) is 0. The molecule has 2 aliphatic carbocycles. The summed E-state index contributed by atoms with van der Waals surface area (Å²) < 4.78 is 35.5.